The van der Waals surface area contributed by atoms with Crippen molar-refractivity contribution in [3.63, 3.8) is 0 Å². The van der Waals surface area contributed by atoms with Gasteiger partial charge in [-0.1, -0.05) is 30.2 Å². The summed E-state index contributed by atoms with van der Waals surface area (Å²) in [6.45, 7) is 0.337. The molecule has 0 radical (unpaired) electrons. The number of aliphatic carboxylic acids is 1. The number of nitrogens with one attached hydrogen (secondary N) is 1. The third-order valence-electron chi connectivity index (χ3n) is 4.36. The van der Waals surface area contributed by atoms with Crippen LogP contribution in [-0.2, 0) is 14.3 Å². The van der Waals surface area contributed by atoms with E-state index in [2.05, 4.69) is 5.32 Å². The van der Waals surface area contributed by atoms with Gasteiger partial charge in [0.15, 0.2) is 0 Å². The first kappa shape index (κ1) is 17.8. The highest BCUT2D eigenvalue weighted by atomic mass is 35.5. The van der Waals surface area contributed by atoms with Crippen molar-refractivity contribution in [2.75, 3.05) is 13.7 Å². The molecule has 3 unspecified atom stereocenters. The Bertz CT molecular complexity index is 563. The van der Waals surface area contributed by atoms with Crippen molar-refractivity contribution in [3.05, 3.63) is 34.9 Å². The number of rotatable bonds is 6. The molecule has 1 amide bonds. The van der Waals surface area contributed by atoms with E-state index in [4.69, 9.17) is 21.4 Å². The number of methoxy groups -OCH3 is 1. The van der Waals surface area contributed by atoms with Gasteiger partial charge in [0.2, 0.25) is 5.91 Å². The largest absolute Gasteiger partial charge is 0.481 e. The summed E-state index contributed by atoms with van der Waals surface area (Å²) in [6.07, 6.45) is 2.30. The molecular formula is C17H22ClNO4. The Morgan fingerprint density at radius 3 is 2.78 bits per heavy atom. The van der Waals surface area contributed by atoms with Crippen LogP contribution in [-0.4, -0.2) is 30.6 Å². The maximum atomic E-state index is 12.3. The minimum Gasteiger partial charge on any atom is -0.481 e. The van der Waals surface area contributed by atoms with Gasteiger partial charge in [-0.15, -0.1) is 0 Å². The van der Waals surface area contributed by atoms with E-state index in [-0.39, 0.29) is 17.9 Å². The number of hydrogen-bond acceptors (Lipinski definition) is 3. The van der Waals surface area contributed by atoms with Crippen molar-refractivity contribution in [2.45, 2.75) is 31.8 Å². The zero-order chi connectivity index (χ0) is 16.8. The third kappa shape index (κ3) is 4.94. The minimum absolute atomic E-state index is 0.0972. The van der Waals surface area contributed by atoms with E-state index < -0.39 is 11.9 Å². The van der Waals surface area contributed by atoms with Crippen LogP contribution < -0.4 is 5.32 Å². The van der Waals surface area contributed by atoms with Crippen molar-refractivity contribution >= 4 is 23.5 Å². The second-order valence-corrected chi connectivity index (χ2v) is 6.36. The van der Waals surface area contributed by atoms with Crippen molar-refractivity contribution in [3.8, 4) is 0 Å². The van der Waals surface area contributed by atoms with Crippen LogP contribution in [0.4, 0.5) is 0 Å². The number of carboxylic acids is 1. The molecule has 1 aromatic rings. The summed E-state index contributed by atoms with van der Waals surface area (Å²) < 4.78 is 5.42. The fourth-order valence-electron chi connectivity index (χ4n) is 3.03. The zero-order valence-electron chi connectivity index (χ0n) is 13.1. The van der Waals surface area contributed by atoms with E-state index in [9.17, 15) is 9.59 Å². The first-order valence-electron chi connectivity index (χ1n) is 7.80. The van der Waals surface area contributed by atoms with Gasteiger partial charge >= 0.3 is 5.97 Å². The zero-order valence-corrected chi connectivity index (χ0v) is 13.9. The number of carbonyl (C=O) groups excluding carboxylic acids is 1. The van der Waals surface area contributed by atoms with Gasteiger partial charge in [-0.2, -0.15) is 0 Å². The molecule has 0 spiro atoms. The first-order valence-corrected chi connectivity index (χ1v) is 8.17. The number of carbonyl (C=O) groups is 2. The second kappa shape index (κ2) is 8.31. The predicted molar refractivity (Wildman–Crippen MR) is 87.3 cm³/mol. The molecule has 2 rings (SSSR count). The normalized spacial score (nSPS) is 22.3. The molecule has 1 aromatic carbocycles. The molecule has 23 heavy (non-hydrogen) atoms. The maximum absolute atomic E-state index is 12.3. The lowest BCUT2D eigenvalue weighted by Crippen LogP contribution is -2.37. The molecule has 0 aromatic heterocycles. The summed E-state index contributed by atoms with van der Waals surface area (Å²) in [6, 6.07) is 7.32. The Morgan fingerprint density at radius 2 is 2.13 bits per heavy atom. The van der Waals surface area contributed by atoms with Gasteiger partial charge in [-0.05, 0) is 37.0 Å². The smallest absolute Gasteiger partial charge is 0.306 e. The molecule has 3 atom stereocenters. The number of benzene rings is 1. The van der Waals surface area contributed by atoms with E-state index in [1.807, 2.05) is 18.2 Å². The van der Waals surface area contributed by atoms with Crippen LogP contribution in [0, 0.1) is 11.8 Å². The van der Waals surface area contributed by atoms with E-state index in [0.29, 0.717) is 24.4 Å². The lowest BCUT2D eigenvalue weighted by molar-refractivity contribution is -0.144. The van der Waals surface area contributed by atoms with Gasteiger partial charge in [-0.3, -0.25) is 9.59 Å². The molecule has 0 saturated heterocycles. The molecule has 1 fully saturated rings. The van der Waals surface area contributed by atoms with E-state index in [1.165, 1.54) is 0 Å². The molecule has 2 N–H and O–H groups in total. The van der Waals surface area contributed by atoms with Crippen LogP contribution in [0.5, 0.6) is 0 Å². The fraction of sp³-hybridized carbons (Fsp3) is 0.529. The van der Waals surface area contributed by atoms with Crippen LogP contribution in [0.15, 0.2) is 24.3 Å². The highest BCUT2D eigenvalue weighted by Crippen LogP contribution is 2.29. The molecular weight excluding hydrogens is 318 g/mol. The van der Waals surface area contributed by atoms with Crippen molar-refractivity contribution < 1.29 is 19.4 Å². The Kier molecular flexibility index (Phi) is 6.42. The first-order chi connectivity index (χ1) is 11.0. The molecule has 1 saturated carbocycles. The number of hydrogen-bond donors (Lipinski definition) is 2. The summed E-state index contributed by atoms with van der Waals surface area (Å²) in [5.41, 5.74) is 0.896. The Hall–Kier alpha value is -1.59. The van der Waals surface area contributed by atoms with Gasteiger partial charge < -0.3 is 15.2 Å². The van der Waals surface area contributed by atoms with Crippen LogP contribution in [0.25, 0.3) is 0 Å². The monoisotopic (exact) mass is 339 g/mol. The topological polar surface area (TPSA) is 75.6 Å². The average molecular weight is 340 g/mol. The van der Waals surface area contributed by atoms with Crippen LogP contribution >= 0.6 is 11.6 Å². The Labute approximate surface area is 141 Å². The highest BCUT2D eigenvalue weighted by Gasteiger charge is 2.31. The molecule has 5 nitrogen and oxygen atoms in total. The van der Waals surface area contributed by atoms with Crippen LogP contribution in [0.2, 0.25) is 5.02 Å². The van der Waals surface area contributed by atoms with Gasteiger partial charge in [-0.25, -0.2) is 0 Å². The van der Waals surface area contributed by atoms with E-state index in [0.717, 1.165) is 18.4 Å². The number of halogens is 1. The lowest BCUT2D eigenvalue weighted by atomic mass is 9.81. The van der Waals surface area contributed by atoms with Gasteiger partial charge in [0.25, 0.3) is 0 Å². The molecule has 0 aliphatic heterocycles. The summed E-state index contributed by atoms with van der Waals surface area (Å²) in [7, 11) is 1.58. The van der Waals surface area contributed by atoms with Crippen LogP contribution in [0.3, 0.4) is 0 Å². The van der Waals surface area contributed by atoms with Crippen molar-refractivity contribution in [1.82, 2.24) is 5.32 Å². The average Bonchev–Trinajstić information content (AvgIpc) is 2.55. The predicted octanol–water partition coefficient (Wildman–Crippen LogP) is 3.03. The molecule has 0 heterocycles. The summed E-state index contributed by atoms with van der Waals surface area (Å²) in [4.78, 5) is 23.4. The highest BCUT2D eigenvalue weighted by molar-refractivity contribution is 6.30. The SMILES string of the molecule is COC(CNC(=O)C1CCCC(C(=O)O)C1)c1cccc(Cl)c1. The second-order valence-electron chi connectivity index (χ2n) is 5.92. The minimum atomic E-state index is -0.809. The number of ether oxygens (including phenoxy) is 1. The number of carboxylic acid groups (broad SMARTS) is 1. The van der Waals surface area contributed by atoms with Crippen molar-refractivity contribution in [1.29, 1.82) is 0 Å². The van der Waals surface area contributed by atoms with E-state index >= 15 is 0 Å². The van der Waals surface area contributed by atoms with Gasteiger partial charge in [0.05, 0.1) is 12.0 Å². The van der Waals surface area contributed by atoms with Gasteiger partial charge in [0.1, 0.15) is 0 Å². The molecule has 0 bridgehead atoms. The third-order valence-corrected chi connectivity index (χ3v) is 4.60. The molecule has 6 heteroatoms. The summed E-state index contributed by atoms with van der Waals surface area (Å²) >= 11 is 5.98. The number of amides is 1. The molecule has 1 aliphatic carbocycles. The standard InChI is InChI=1S/C17H22ClNO4/c1-23-15(11-4-3-7-14(18)9-11)10-19-16(20)12-5-2-6-13(8-12)17(21)22/h3-4,7,9,12-13,15H,2,5-6,8,10H2,1H3,(H,19,20)(H,21,22). The molecule has 1 aliphatic rings. The van der Waals surface area contributed by atoms with Crippen LogP contribution in [0.1, 0.15) is 37.4 Å². The quantitative estimate of drug-likeness (QED) is 0.835. The Morgan fingerprint density at radius 1 is 1.39 bits per heavy atom. The Balaban J connectivity index is 1.90. The van der Waals surface area contributed by atoms with Gasteiger partial charge in [0, 0.05) is 24.6 Å². The summed E-state index contributed by atoms with van der Waals surface area (Å²) in [5, 5.41) is 12.6. The lowest BCUT2D eigenvalue weighted by Gasteiger charge is -2.26. The molecule has 126 valence electrons. The van der Waals surface area contributed by atoms with Crippen molar-refractivity contribution in [2.24, 2.45) is 11.8 Å². The fourth-order valence-corrected chi connectivity index (χ4v) is 3.23. The maximum Gasteiger partial charge on any atom is 0.306 e. The summed E-state index contributed by atoms with van der Waals surface area (Å²) in [5.74, 6) is -1.55. The van der Waals surface area contributed by atoms with E-state index in [1.54, 1.807) is 13.2 Å².